The second kappa shape index (κ2) is 4.85. The molecular formula is C15H14N2O3. The predicted molar refractivity (Wildman–Crippen MR) is 74.1 cm³/mol. The average molecular weight is 270 g/mol. The summed E-state index contributed by atoms with van der Waals surface area (Å²) in [6.07, 6.45) is 4.14. The Morgan fingerprint density at radius 3 is 2.45 bits per heavy atom. The van der Waals surface area contributed by atoms with Gasteiger partial charge in [-0.3, -0.25) is 4.79 Å². The second-order valence-electron chi connectivity index (χ2n) is 4.87. The molecule has 1 aliphatic rings. The number of hydrogen-bond acceptors (Lipinski definition) is 2. The van der Waals surface area contributed by atoms with Crippen LogP contribution < -0.4 is 5.32 Å². The highest BCUT2D eigenvalue weighted by Crippen LogP contribution is 2.36. The molecule has 0 unspecified atom stereocenters. The number of amides is 1. The molecule has 0 radical (unpaired) electrons. The van der Waals surface area contributed by atoms with Crippen molar-refractivity contribution in [2.24, 2.45) is 0 Å². The molecule has 1 amide bonds. The van der Waals surface area contributed by atoms with E-state index in [1.54, 1.807) is 18.2 Å². The molecule has 1 heterocycles. The molecule has 102 valence electrons. The zero-order chi connectivity index (χ0) is 14.1. The number of carboxylic acids is 1. The Kier molecular flexibility index (Phi) is 3.02. The standard InChI is InChI=1S/C15H14N2O3/c18-14(13-2-1-9-17(13)12-7-8-12)16-11-5-3-10(4-6-11)15(19)20/h1-6,9,12H,7-8H2,(H,16,18)(H,19,20). The minimum Gasteiger partial charge on any atom is -0.478 e. The normalized spacial score (nSPS) is 14.0. The van der Waals surface area contributed by atoms with Crippen LogP contribution in [-0.2, 0) is 0 Å². The zero-order valence-electron chi connectivity index (χ0n) is 10.7. The summed E-state index contributed by atoms with van der Waals surface area (Å²) in [6.45, 7) is 0. The summed E-state index contributed by atoms with van der Waals surface area (Å²) in [6, 6.07) is 10.2. The summed E-state index contributed by atoms with van der Waals surface area (Å²) >= 11 is 0. The molecule has 5 nitrogen and oxygen atoms in total. The van der Waals surface area contributed by atoms with E-state index in [0.29, 0.717) is 17.4 Å². The lowest BCUT2D eigenvalue weighted by atomic mass is 10.2. The Morgan fingerprint density at radius 2 is 1.85 bits per heavy atom. The number of aromatic nitrogens is 1. The van der Waals surface area contributed by atoms with E-state index in [9.17, 15) is 9.59 Å². The summed E-state index contributed by atoms with van der Waals surface area (Å²) in [5.41, 5.74) is 1.42. The number of hydrogen-bond donors (Lipinski definition) is 2. The fourth-order valence-electron chi connectivity index (χ4n) is 2.15. The summed E-state index contributed by atoms with van der Waals surface area (Å²) in [4.78, 5) is 23.0. The van der Waals surface area contributed by atoms with Gasteiger partial charge in [0.15, 0.2) is 0 Å². The molecule has 1 saturated carbocycles. The van der Waals surface area contributed by atoms with Crippen LogP contribution in [0.5, 0.6) is 0 Å². The third-order valence-electron chi connectivity index (χ3n) is 3.34. The Bertz CT molecular complexity index is 654. The minimum absolute atomic E-state index is 0.176. The van der Waals surface area contributed by atoms with Crippen molar-refractivity contribution in [1.82, 2.24) is 4.57 Å². The smallest absolute Gasteiger partial charge is 0.335 e. The van der Waals surface area contributed by atoms with E-state index in [2.05, 4.69) is 5.32 Å². The molecule has 0 bridgehead atoms. The van der Waals surface area contributed by atoms with Crippen LogP contribution in [0.25, 0.3) is 0 Å². The van der Waals surface area contributed by atoms with Crippen LogP contribution in [0.15, 0.2) is 42.6 Å². The van der Waals surface area contributed by atoms with E-state index in [1.165, 1.54) is 12.1 Å². The summed E-state index contributed by atoms with van der Waals surface area (Å²) in [7, 11) is 0. The molecule has 20 heavy (non-hydrogen) atoms. The molecule has 0 aliphatic heterocycles. The third-order valence-corrected chi connectivity index (χ3v) is 3.34. The van der Waals surface area contributed by atoms with E-state index in [-0.39, 0.29) is 11.5 Å². The molecule has 1 aromatic carbocycles. The van der Waals surface area contributed by atoms with Crippen LogP contribution in [-0.4, -0.2) is 21.6 Å². The largest absolute Gasteiger partial charge is 0.478 e. The fourth-order valence-corrected chi connectivity index (χ4v) is 2.15. The highest BCUT2D eigenvalue weighted by molar-refractivity contribution is 6.03. The van der Waals surface area contributed by atoms with Gasteiger partial charge in [0.2, 0.25) is 0 Å². The molecule has 2 N–H and O–H groups in total. The number of rotatable bonds is 4. The molecule has 3 rings (SSSR count). The number of nitrogens with one attached hydrogen (secondary N) is 1. The number of nitrogens with zero attached hydrogens (tertiary/aromatic N) is 1. The minimum atomic E-state index is -0.981. The van der Waals surface area contributed by atoms with Crippen LogP contribution in [0.1, 0.15) is 39.7 Å². The number of anilines is 1. The molecule has 0 spiro atoms. The van der Waals surface area contributed by atoms with Gasteiger partial charge in [0, 0.05) is 17.9 Å². The fraction of sp³-hybridized carbons (Fsp3) is 0.200. The third kappa shape index (κ3) is 2.42. The molecular weight excluding hydrogens is 256 g/mol. The zero-order valence-corrected chi connectivity index (χ0v) is 10.7. The van der Waals surface area contributed by atoms with Crippen LogP contribution in [0.3, 0.4) is 0 Å². The van der Waals surface area contributed by atoms with Gasteiger partial charge in [0.25, 0.3) is 5.91 Å². The number of carboxylic acid groups (broad SMARTS) is 1. The van der Waals surface area contributed by atoms with Crippen molar-refractivity contribution in [1.29, 1.82) is 0 Å². The van der Waals surface area contributed by atoms with Crippen molar-refractivity contribution >= 4 is 17.6 Å². The Morgan fingerprint density at radius 1 is 1.15 bits per heavy atom. The van der Waals surface area contributed by atoms with Gasteiger partial charge < -0.3 is 15.0 Å². The topological polar surface area (TPSA) is 71.3 Å². The van der Waals surface area contributed by atoms with Crippen LogP contribution in [0.4, 0.5) is 5.69 Å². The average Bonchev–Trinajstić information content (AvgIpc) is 3.16. The van der Waals surface area contributed by atoms with Gasteiger partial charge in [-0.2, -0.15) is 0 Å². The first-order chi connectivity index (χ1) is 9.65. The molecule has 0 atom stereocenters. The van der Waals surface area contributed by atoms with Crippen molar-refractivity contribution in [3.63, 3.8) is 0 Å². The number of carbonyl (C=O) groups excluding carboxylic acids is 1. The molecule has 1 aromatic heterocycles. The molecule has 1 aliphatic carbocycles. The molecule has 2 aromatic rings. The lowest BCUT2D eigenvalue weighted by molar-refractivity contribution is 0.0696. The number of carbonyl (C=O) groups is 2. The Balaban J connectivity index is 1.75. The van der Waals surface area contributed by atoms with Crippen molar-refractivity contribution in [3.05, 3.63) is 53.9 Å². The number of aromatic carboxylic acids is 1. The van der Waals surface area contributed by atoms with E-state index < -0.39 is 5.97 Å². The van der Waals surface area contributed by atoms with Gasteiger partial charge in [0.05, 0.1) is 5.56 Å². The van der Waals surface area contributed by atoms with Gasteiger partial charge in [-0.05, 0) is 49.2 Å². The first kappa shape index (κ1) is 12.5. The summed E-state index contributed by atoms with van der Waals surface area (Å²) < 4.78 is 1.99. The van der Waals surface area contributed by atoms with E-state index in [0.717, 1.165) is 12.8 Å². The van der Waals surface area contributed by atoms with Crippen molar-refractivity contribution in [2.75, 3.05) is 5.32 Å². The number of benzene rings is 1. The van der Waals surface area contributed by atoms with Gasteiger partial charge in [0.1, 0.15) is 5.69 Å². The monoisotopic (exact) mass is 270 g/mol. The highest BCUT2D eigenvalue weighted by Gasteiger charge is 2.26. The van der Waals surface area contributed by atoms with Crippen molar-refractivity contribution < 1.29 is 14.7 Å². The lowest BCUT2D eigenvalue weighted by Crippen LogP contribution is -2.16. The molecule has 5 heteroatoms. The van der Waals surface area contributed by atoms with Gasteiger partial charge in [-0.1, -0.05) is 0 Å². The predicted octanol–water partition coefficient (Wildman–Crippen LogP) is 2.77. The summed E-state index contributed by atoms with van der Waals surface area (Å²) in [5.74, 6) is -1.16. The second-order valence-corrected chi connectivity index (χ2v) is 4.87. The first-order valence-electron chi connectivity index (χ1n) is 6.47. The van der Waals surface area contributed by atoms with Gasteiger partial charge >= 0.3 is 5.97 Å². The molecule has 0 saturated heterocycles. The highest BCUT2D eigenvalue weighted by atomic mass is 16.4. The summed E-state index contributed by atoms with van der Waals surface area (Å²) in [5, 5.41) is 11.6. The van der Waals surface area contributed by atoms with Crippen LogP contribution in [0, 0.1) is 0 Å². The maximum Gasteiger partial charge on any atom is 0.335 e. The van der Waals surface area contributed by atoms with Crippen LogP contribution >= 0.6 is 0 Å². The van der Waals surface area contributed by atoms with E-state index >= 15 is 0 Å². The Hall–Kier alpha value is -2.56. The van der Waals surface area contributed by atoms with Gasteiger partial charge in [-0.15, -0.1) is 0 Å². The quantitative estimate of drug-likeness (QED) is 0.897. The van der Waals surface area contributed by atoms with Crippen molar-refractivity contribution in [3.8, 4) is 0 Å². The maximum absolute atomic E-state index is 12.2. The van der Waals surface area contributed by atoms with Crippen molar-refractivity contribution in [2.45, 2.75) is 18.9 Å². The SMILES string of the molecule is O=C(O)c1ccc(NC(=O)c2cccn2C2CC2)cc1. The first-order valence-corrected chi connectivity index (χ1v) is 6.47. The molecule has 1 fully saturated rings. The lowest BCUT2D eigenvalue weighted by Gasteiger charge is -2.09. The van der Waals surface area contributed by atoms with E-state index in [1.807, 2.05) is 16.8 Å². The van der Waals surface area contributed by atoms with E-state index in [4.69, 9.17) is 5.11 Å². The van der Waals surface area contributed by atoms with Gasteiger partial charge in [-0.25, -0.2) is 4.79 Å². The maximum atomic E-state index is 12.2. The van der Waals surface area contributed by atoms with Crippen LogP contribution in [0.2, 0.25) is 0 Å². The Labute approximate surface area is 115 Å².